The molecule has 0 aliphatic rings. The molecule has 0 fully saturated rings. The van der Waals surface area contributed by atoms with Crippen molar-refractivity contribution in [2.45, 2.75) is 20.3 Å². The van der Waals surface area contributed by atoms with Crippen molar-refractivity contribution in [1.82, 2.24) is 4.31 Å². The molecule has 1 heterocycles. The van der Waals surface area contributed by atoms with Crippen molar-refractivity contribution >= 4 is 32.5 Å². The van der Waals surface area contributed by atoms with Crippen molar-refractivity contribution < 1.29 is 17.9 Å². The number of rotatable bonds is 6. The molecule has 0 saturated carbocycles. The van der Waals surface area contributed by atoms with Gasteiger partial charge in [0.15, 0.2) is 0 Å². The number of carbonyl (C=O) groups excluding carboxylic acids is 1. The zero-order chi connectivity index (χ0) is 14.6. The molecule has 1 aromatic rings. The van der Waals surface area contributed by atoms with Crippen LogP contribution in [0.25, 0.3) is 0 Å². The predicted molar refractivity (Wildman–Crippen MR) is 75.9 cm³/mol. The zero-order valence-electron chi connectivity index (χ0n) is 11.4. The number of aryl methyl sites for hydroxylation is 1. The molecule has 0 spiro atoms. The van der Waals surface area contributed by atoms with Crippen LogP contribution in [0.5, 0.6) is 0 Å². The van der Waals surface area contributed by atoms with Crippen LogP contribution in [0, 0.1) is 0 Å². The summed E-state index contributed by atoms with van der Waals surface area (Å²) in [5.74, 6) is -0.519. The maximum atomic E-state index is 11.8. The highest BCUT2D eigenvalue weighted by Gasteiger charge is 2.22. The lowest BCUT2D eigenvalue weighted by molar-refractivity contribution is 0.0528. The number of anilines is 1. The monoisotopic (exact) mass is 306 g/mol. The third-order valence-electron chi connectivity index (χ3n) is 2.33. The number of nitrogens with zero attached hydrogens (tertiary/aromatic N) is 1. The Morgan fingerprint density at radius 2 is 2.05 bits per heavy atom. The Kier molecular flexibility index (Phi) is 5.33. The number of nitrogens with one attached hydrogen (secondary N) is 1. The fourth-order valence-electron chi connectivity index (χ4n) is 1.26. The van der Waals surface area contributed by atoms with Gasteiger partial charge in [0.25, 0.3) is 0 Å². The van der Waals surface area contributed by atoms with E-state index in [1.165, 1.54) is 25.4 Å². The number of thiophene rings is 1. The quantitative estimate of drug-likeness (QED) is 0.812. The number of ether oxygens (including phenoxy) is 1. The molecule has 0 saturated heterocycles. The van der Waals surface area contributed by atoms with Crippen LogP contribution in [0.15, 0.2) is 6.07 Å². The van der Waals surface area contributed by atoms with Gasteiger partial charge in [0.1, 0.15) is 5.00 Å². The molecule has 8 heteroatoms. The molecule has 6 nitrogen and oxygen atoms in total. The first-order valence-electron chi connectivity index (χ1n) is 5.81. The standard InChI is InChI=1S/C11H18N2O4S2/c1-5-8-7-9(11(14)17-6-2)10(18-8)12-19(15,16)13(3)4/h7,12H,5-6H2,1-4H3. The Morgan fingerprint density at radius 1 is 1.42 bits per heavy atom. The molecule has 0 radical (unpaired) electrons. The van der Waals surface area contributed by atoms with Gasteiger partial charge in [0, 0.05) is 19.0 Å². The topological polar surface area (TPSA) is 75.7 Å². The minimum atomic E-state index is -3.63. The fourth-order valence-corrected chi connectivity index (χ4v) is 3.11. The molecule has 1 rings (SSSR count). The van der Waals surface area contributed by atoms with Crippen LogP contribution in [0.1, 0.15) is 29.1 Å². The Bertz CT molecular complexity index is 549. The maximum absolute atomic E-state index is 11.8. The van der Waals surface area contributed by atoms with Crippen molar-refractivity contribution in [1.29, 1.82) is 0 Å². The summed E-state index contributed by atoms with van der Waals surface area (Å²) in [7, 11) is -0.796. The summed E-state index contributed by atoms with van der Waals surface area (Å²) in [5, 5.41) is 0.295. The minimum Gasteiger partial charge on any atom is -0.462 e. The third-order valence-corrected chi connectivity index (χ3v) is 5.08. The highest BCUT2D eigenvalue weighted by atomic mass is 32.2. The van der Waals surface area contributed by atoms with E-state index in [1.54, 1.807) is 13.0 Å². The largest absolute Gasteiger partial charge is 0.462 e. The summed E-state index contributed by atoms with van der Waals surface area (Å²) in [4.78, 5) is 12.7. The average molecular weight is 306 g/mol. The van der Waals surface area contributed by atoms with Crippen molar-refractivity contribution in [2.75, 3.05) is 25.4 Å². The SMILES string of the molecule is CCOC(=O)c1cc(CC)sc1NS(=O)(=O)N(C)C. The first kappa shape index (κ1) is 15.9. The second-order valence-corrected chi connectivity index (χ2v) is 6.94. The highest BCUT2D eigenvalue weighted by Crippen LogP contribution is 2.30. The lowest BCUT2D eigenvalue weighted by atomic mass is 10.2. The van der Waals surface area contributed by atoms with Gasteiger partial charge in [-0.25, -0.2) is 4.79 Å². The lowest BCUT2D eigenvalue weighted by Gasteiger charge is -2.13. The zero-order valence-corrected chi connectivity index (χ0v) is 13.0. The molecule has 0 atom stereocenters. The summed E-state index contributed by atoms with van der Waals surface area (Å²) in [5.41, 5.74) is 0.258. The number of carbonyl (C=O) groups is 1. The highest BCUT2D eigenvalue weighted by molar-refractivity contribution is 7.90. The van der Waals surface area contributed by atoms with Crippen LogP contribution in [-0.4, -0.2) is 39.4 Å². The van der Waals surface area contributed by atoms with Crippen LogP contribution in [-0.2, 0) is 21.4 Å². The molecular formula is C11H18N2O4S2. The smallest absolute Gasteiger partial charge is 0.341 e. The number of hydrogen-bond donors (Lipinski definition) is 1. The number of hydrogen-bond acceptors (Lipinski definition) is 5. The Hall–Kier alpha value is -1.12. The van der Waals surface area contributed by atoms with Gasteiger partial charge < -0.3 is 4.74 Å². The van der Waals surface area contributed by atoms with Gasteiger partial charge in [0.2, 0.25) is 0 Å². The molecule has 0 aromatic carbocycles. The van der Waals surface area contributed by atoms with Crippen molar-refractivity contribution in [3.63, 3.8) is 0 Å². The minimum absolute atomic E-state index is 0.246. The summed E-state index contributed by atoms with van der Waals surface area (Å²) >= 11 is 1.24. The molecule has 0 bridgehead atoms. The van der Waals surface area contributed by atoms with Crippen LogP contribution < -0.4 is 4.72 Å². The van der Waals surface area contributed by atoms with Crippen molar-refractivity contribution in [3.8, 4) is 0 Å². The van der Waals surface area contributed by atoms with E-state index in [0.717, 1.165) is 15.6 Å². The summed E-state index contributed by atoms with van der Waals surface area (Å²) < 4.78 is 32.0. The van der Waals surface area contributed by atoms with Gasteiger partial charge in [-0.3, -0.25) is 4.72 Å². The van der Waals surface area contributed by atoms with Crippen LogP contribution in [0.3, 0.4) is 0 Å². The first-order valence-corrected chi connectivity index (χ1v) is 8.07. The Morgan fingerprint density at radius 3 is 2.53 bits per heavy atom. The van der Waals surface area contributed by atoms with Gasteiger partial charge in [-0.2, -0.15) is 12.7 Å². The van der Waals surface area contributed by atoms with Gasteiger partial charge in [-0.15, -0.1) is 11.3 Å². The molecule has 108 valence electrons. The molecule has 0 unspecified atom stereocenters. The molecule has 1 N–H and O–H groups in total. The molecule has 0 aliphatic carbocycles. The van der Waals surface area contributed by atoms with Crippen molar-refractivity contribution in [3.05, 3.63) is 16.5 Å². The van der Waals surface area contributed by atoms with Gasteiger partial charge >= 0.3 is 16.2 Å². The summed E-state index contributed by atoms with van der Waals surface area (Å²) in [6.45, 7) is 3.88. The summed E-state index contributed by atoms with van der Waals surface area (Å²) in [6.07, 6.45) is 0.723. The molecular weight excluding hydrogens is 288 g/mol. The van der Waals surface area contributed by atoms with E-state index < -0.39 is 16.2 Å². The Balaban J connectivity index is 3.12. The van der Waals surface area contributed by atoms with E-state index >= 15 is 0 Å². The maximum Gasteiger partial charge on any atom is 0.341 e. The van der Waals surface area contributed by atoms with E-state index in [4.69, 9.17) is 4.74 Å². The molecule has 19 heavy (non-hydrogen) atoms. The van der Waals surface area contributed by atoms with Crippen molar-refractivity contribution in [2.24, 2.45) is 0 Å². The van der Waals surface area contributed by atoms with Crippen LogP contribution in [0.2, 0.25) is 0 Å². The van der Waals surface area contributed by atoms with E-state index in [0.29, 0.717) is 5.00 Å². The Labute approximate surface area is 117 Å². The van der Waals surface area contributed by atoms with Crippen LogP contribution >= 0.6 is 11.3 Å². The van der Waals surface area contributed by atoms with Crippen LogP contribution in [0.4, 0.5) is 5.00 Å². The molecule has 1 aromatic heterocycles. The fraction of sp³-hybridized carbons (Fsp3) is 0.545. The van der Waals surface area contributed by atoms with Gasteiger partial charge in [-0.1, -0.05) is 6.92 Å². The normalized spacial score (nSPS) is 11.6. The molecule has 0 aliphatic heterocycles. The lowest BCUT2D eigenvalue weighted by Crippen LogP contribution is -2.29. The molecule has 0 amide bonds. The third kappa shape index (κ3) is 3.92. The van der Waals surface area contributed by atoms with Gasteiger partial charge in [-0.05, 0) is 19.4 Å². The van der Waals surface area contributed by atoms with Gasteiger partial charge in [0.05, 0.1) is 12.2 Å². The van der Waals surface area contributed by atoms with E-state index in [1.807, 2.05) is 6.92 Å². The first-order chi connectivity index (χ1) is 8.81. The number of esters is 1. The average Bonchev–Trinajstić information content (AvgIpc) is 2.71. The van der Waals surface area contributed by atoms with E-state index in [2.05, 4.69) is 4.72 Å². The predicted octanol–water partition coefficient (Wildman–Crippen LogP) is 1.71. The second-order valence-electron chi connectivity index (χ2n) is 3.92. The summed E-state index contributed by atoms with van der Waals surface area (Å²) in [6, 6.07) is 1.66. The van der Waals surface area contributed by atoms with E-state index in [-0.39, 0.29) is 12.2 Å². The second kappa shape index (κ2) is 6.36. The van der Waals surface area contributed by atoms with E-state index in [9.17, 15) is 13.2 Å².